The Hall–Kier alpha value is -0.0700. The van der Waals surface area contributed by atoms with Crippen LogP contribution in [0.15, 0.2) is 15.9 Å². The standard InChI is InChI=1S/C10H13BrF3NS/c1-2-5-15-8(10(12,13)14)6-7-3-4-9(11)16-7/h3-4,8,15H,2,5-6H2,1H3. The third-order valence-corrected chi connectivity index (χ3v) is 3.72. The molecule has 16 heavy (non-hydrogen) atoms. The molecule has 1 unspecified atom stereocenters. The summed E-state index contributed by atoms with van der Waals surface area (Å²) in [6, 6.07) is 2.05. The lowest BCUT2D eigenvalue weighted by Gasteiger charge is -2.20. The minimum Gasteiger partial charge on any atom is -0.306 e. The van der Waals surface area contributed by atoms with Crippen LogP contribution in [0.1, 0.15) is 18.2 Å². The fourth-order valence-electron chi connectivity index (χ4n) is 1.28. The summed E-state index contributed by atoms with van der Waals surface area (Å²) in [5.74, 6) is 0. The van der Waals surface area contributed by atoms with Crippen molar-refractivity contribution < 1.29 is 13.2 Å². The van der Waals surface area contributed by atoms with E-state index in [0.29, 0.717) is 13.0 Å². The van der Waals surface area contributed by atoms with E-state index in [-0.39, 0.29) is 6.42 Å². The van der Waals surface area contributed by atoms with E-state index < -0.39 is 12.2 Å². The summed E-state index contributed by atoms with van der Waals surface area (Å²) in [6.07, 6.45) is -3.49. The summed E-state index contributed by atoms with van der Waals surface area (Å²) in [5.41, 5.74) is 0. The maximum Gasteiger partial charge on any atom is 0.404 e. The van der Waals surface area contributed by atoms with Gasteiger partial charge in [0, 0.05) is 11.3 Å². The minimum absolute atomic E-state index is 0.000231. The second-order valence-electron chi connectivity index (χ2n) is 3.46. The van der Waals surface area contributed by atoms with E-state index in [2.05, 4.69) is 21.2 Å². The van der Waals surface area contributed by atoms with Gasteiger partial charge in [0.15, 0.2) is 0 Å². The van der Waals surface area contributed by atoms with Gasteiger partial charge in [0.05, 0.1) is 3.79 Å². The summed E-state index contributed by atoms with van der Waals surface area (Å²) >= 11 is 4.58. The summed E-state index contributed by atoms with van der Waals surface area (Å²) < 4.78 is 38.9. The Kier molecular flexibility index (Phi) is 5.27. The molecule has 0 radical (unpaired) electrons. The van der Waals surface area contributed by atoms with Crippen molar-refractivity contribution in [3.8, 4) is 0 Å². The maximum atomic E-state index is 12.7. The molecule has 0 bridgehead atoms. The summed E-state index contributed by atoms with van der Waals surface area (Å²) in [6.45, 7) is 2.24. The quantitative estimate of drug-likeness (QED) is 0.866. The smallest absolute Gasteiger partial charge is 0.306 e. The molecular weight excluding hydrogens is 303 g/mol. The SMILES string of the molecule is CCCNC(Cc1ccc(Br)s1)C(F)(F)F. The van der Waals surface area contributed by atoms with Gasteiger partial charge in [-0.2, -0.15) is 13.2 Å². The lowest BCUT2D eigenvalue weighted by Crippen LogP contribution is -2.44. The molecule has 0 aliphatic heterocycles. The highest BCUT2D eigenvalue weighted by Crippen LogP contribution is 2.28. The molecule has 0 aliphatic carbocycles. The average Bonchev–Trinajstić information content (AvgIpc) is 2.57. The van der Waals surface area contributed by atoms with Crippen LogP contribution in [0.25, 0.3) is 0 Å². The highest BCUT2D eigenvalue weighted by Gasteiger charge is 2.39. The molecule has 0 saturated carbocycles. The Morgan fingerprint density at radius 2 is 2.12 bits per heavy atom. The van der Waals surface area contributed by atoms with Crippen molar-refractivity contribution in [1.29, 1.82) is 0 Å². The van der Waals surface area contributed by atoms with Crippen molar-refractivity contribution in [1.82, 2.24) is 5.32 Å². The van der Waals surface area contributed by atoms with E-state index in [4.69, 9.17) is 0 Å². The molecule has 6 heteroatoms. The highest BCUT2D eigenvalue weighted by molar-refractivity contribution is 9.11. The Morgan fingerprint density at radius 3 is 2.56 bits per heavy atom. The number of thiophene rings is 1. The molecule has 1 aromatic heterocycles. The number of rotatable bonds is 5. The van der Waals surface area contributed by atoms with E-state index in [1.165, 1.54) is 11.3 Å². The highest BCUT2D eigenvalue weighted by atomic mass is 79.9. The van der Waals surface area contributed by atoms with Gasteiger partial charge in [-0.25, -0.2) is 0 Å². The van der Waals surface area contributed by atoms with Crippen LogP contribution in [0.4, 0.5) is 13.2 Å². The molecular formula is C10H13BrF3NS. The molecule has 0 aromatic carbocycles. The lowest BCUT2D eigenvalue weighted by atomic mass is 10.1. The van der Waals surface area contributed by atoms with Crippen LogP contribution < -0.4 is 5.32 Å². The van der Waals surface area contributed by atoms with Crippen LogP contribution in [-0.4, -0.2) is 18.8 Å². The van der Waals surface area contributed by atoms with Crippen LogP contribution in [0.3, 0.4) is 0 Å². The second-order valence-corrected chi connectivity index (χ2v) is 6.01. The van der Waals surface area contributed by atoms with E-state index in [1.807, 2.05) is 6.92 Å². The van der Waals surface area contributed by atoms with E-state index in [0.717, 1.165) is 8.66 Å². The Bertz CT molecular complexity index is 324. The first-order valence-corrected chi connectivity index (χ1v) is 6.58. The minimum atomic E-state index is -4.19. The molecule has 1 rings (SSSR count). The van der Waals surface area contributed by atoms with Crippen LogP contribution in [0.5, 0.6) is 0 Å². The van der Waals surface area contributed by atoms with Gasteiger partial charge in [-0.1, -0.05) is 6.92 Å². The molecule has 92 valence electrons. The van der Waals surface area contributed by atoms with E-state index >= 15 is 0 Å². The third-order valence-electron chi connectivity index (χ3n) is 2.07. The number of alkyl halides is 3. The molecule has 1 atom stereocenters. The number of halogens is 4. The van der Waals surface area contributed by atoms with Crippen molar-refractivity contribution in [2.45, 2.75) is 32.0 Å². The molecule has 0 spiro atoms. The fourth-order valence-corrected chi connectivity index (χ4v) is 2.81. The molecule has 0 fully saturated rings. The molecule has 1 heterocycles. The predicted octanol–water partition coefficient (Wildman–Crippen LogP) is 3.98. The summed E-state index contributed by atoms with van der Waals surface area (Å²) in [7, 11) is 0. The van der Waals surface area contributed by atoms with Gasteiger partial charge in [-0.15, -0.1) is 11.3 Å². The van der Waals surface area contributed by atoms with Crippen LogP contribution in [-0.2, 0) is 6.42 Å². The Morgan fingerprint density at radius 1 is 1.44 bits per heavy atom. The number of hydrogen-bond donors (Lipinski definition) is 1. The molecule has 1 aromatic rings. The molecule has 0 amide bonds. The van der Waals surface area contributed by atoms with Crippen LogP contribution in [0, 0.1) is 0 Å². The topological polar surface area (TPSA) is 12.0 Å². The molecule has 1 N–H and O–H groups in total. The third kappa shape index (κ3) is 4.43. The van der Waals surface area contributed by atoms with Gasteiger partial charge in [0.25, 0.3) is 0 Å². The van der Waals surface area contributed by atoms with Crippen molar-refractivity contribution >= 4 is 27.3 Å². The predicted molar refractivity (Wildman–Crippen MR) is 63.9 cm³/mol. The summed E-state index contributed by atoms with van der Waals surface area (Å²) in [5, 5.41) is 2.53. The van der Waals surface area contributed by atoms with Crippen LogP contribution in [0.2, 0.25) is 0 Å². The Balaban J connectivity index is 2.63. The van der Waals surface area contributed by atoms with E-state index in [9.17, 15) is 13.2 Å². The van der Waals surface area contributed by atoms with Gasteiger partial charge in [0.1, 0.15) is 6.04 Å². The lowest BCUT2D eigenvalue weighted by molar-refractivity contribution is -0.155. The van der Waals surface area contributed by atoms with Gasteiger partial charge >= 0.3 is 6.18 Å². The maximum absolute atomic E-state index is 12.7. The van der Waals surface area contributed by atoms with Crippen molar-refractivity contribution in [2.75, 3.05) is 6.54 Å². The summed E-state index contributed by atoms with van der Waals surface area (Å²) in [4.78, 5) is 0.734. The first-order valence-electron chi connectivity index (χ1n) is 4.97. The fraction of sp³-hybridized carbons (Fsp3) is 0.600. The Labute approximate surface area is 105 Å². The first-order chi connectivity index (χ1) is 7.43. The zero-order valence-electron chi connectivity index (χ0n) is 8.77. The normalized spacial score (nSPS) is 14.1. The zero-order valence-corrected chi connectivity index (χ0v) is 11.2. The monoisotopic (exact) mass is 315 g/mol. The van der Waals surface area contributed by atoms with Gasteiger partial charge in [-0.05, 0) is 41.0 Å². The van der Waals surface area contributed by atoms with Gasteiger partial charge in [-0.3, -0.25) is 0 Å². The molecule has 1 nitrogen and oxygen atoms in total. The van der Waals surface area contributed by atoms with Crippen molar-refractivity contribution in [2.24, 2.45) is 0 Å². The van der Waals surface area contributed by atoms with Crippen molar-refractivity contribution in [3.63, 3.8) is 0 Å². The average molecular weight is 316 g/mol. The number of hydrogen-bond acceptors (Lipinski definition) is 2. The molecule has 0 aliphatic rings. The first kappa shape index (κ1) is 14.0. The second kappa shape index (κ2) is 6.02. The van der Waals surface area contributed by atoms with Gasteiger partial charge in [0.2, 0.25) is 0 Å². The number of nitrogens with one attached hydrogen (secondary N) is 1. The van der Waals surface area contributed by atoms with Crippen LogP contribution >= 0.6 is 27.3 Å². The zero-order chi connectivity index (χ0) is 12.2. The largest absolute Gasteiger partial charge is 0.404 e. The van der Waals surface area contributed by atoms with E-state index in [1.54, 1.807) is 12.1 Å². The molecule has 0 saturated heterocycles. The van der Waals surface area contributed by atoms with Crippen molar-refractivity contribution in [3.05, 3.63) is 20.8 Å². The van der Waals surface area contributed by atoms with Gasteiger partial charge < -0.3 is 5.32 Å².